The standard InChI is InChI=1S/C15H23N3O/c1-12(2)15(19)18-9-7-17(8-10-18)11-13-3-5-14(16)6-4-13/h3-6,12H,7-11,16H2,1-2H3. The summed E-state index contributed by atoms with van der Waals surface area (Å²) in [7, 11) is 0. The Kier molecular flexibility index (Phi) is 4.43. The van der Waals surface area contributed by atoms with Crippen LogP contribution in [0.1, 0.15) is 19.4 Å². The van der Waals surface area contributed by atoms with Crippen molar-refractivity contribution in [2.75, 3.05) is 31.9 Å². The summed E-state index contributed by atoms with van der Waals surface area (Å²) >= 11 is 0. The van der Waals surface area contributed by atoms with E-state index < -0.39 is 0 Å². The van der Waals surface area contributed by atoms with Crippen molar-refractivity contribution >= 4 is 11.6 Å². The van der Waals surface area contributed by atoms with E-state index >= 15 is 0 Å². The number of piperazine rings is 1. The van der Waals surface area contributed by atoms with E-state index in [2.05, 4.69) is 17.0 Å². The number of nitrogen functional groups attached to an aromatic ring is 1. The Morgan fingerprint density at radius 2 is 1.74 bits per heavy atom. The van der Waals surface area contributed by atoms with Crippen molar-refractivity contribution in [2.24, 2.45) is 5.92 Å². The van der Waals surface area contributed by atoms with Crippen molar-refractivity contribution < 1.29 is 4.79 Å². The van der Waals surface area contributed by atoms with E-state index in [-0.39, 0.29) is 11.8 Å². The average molecular weight is 261 g/mol. The molecule has 19 heavy (non-hydrogen) atoms. The fraction of sp³-hybridized carbons (Fsp3) is 0.533. The molecule has 2 rings (SSSR count). The quantitative estimate of drug-likeness (QED) is 0.840. The highest BCUT2D eigenvalue weighted by Crippen LogP contribution is 2.12. The SMILES string of the molecule is CC(C)C(=O)N1CCN(Cc2ccc(N)cc2)CC1. The molecule has 0 aromatic heterocycles. The van der Waals surface area contributed by atoms with Gasteiger partial charge in [0.25, 0.3) is 0 Å². The van der Waals surface area contributed by atoms with Gasteiger partial charge in [0, 0.05) is 44.3 Å². The Balaban J connectivity index is 1.83. The molecule has 0 atom stereocenters. The van der Waals surface area contributed by atoms with Gasteiger partial charge in [-0.2, -0.15) is 0 Å². The van der Waals surface area contributed by atoms with Crippen LogP contribution in [0.15, 0.2) is 24.3 Å². The number of carbonyl (C=O) groups excluding carboxylic acids is 1. The summed E-state index contributed by atoms with van der Waals surface area (Å²) in [6, 6.07) is 8.02. The van der Waals surface area contributed by atoms with E-state index in [4.69, 9.17) is 5.73 Å². The van der Waals surface area contributed by atoms with Gasteiger partial charge in [-0.25, -0.2) is 0 Å². The first kappa shape index (κ1) is 13.9. The van der Waals surface area contributed by atoms with Gasteiger partial charge < -0.3 is 10.6 Å². The Labute approximate surface area is 115 Å². The minimum absolute atomic E-state index is 0.101. The van der Waals surface area contributed by atoms with Crippen LogP contribution in [0.4, 0.5) is 5.69 Å². The number of anilines is 1. The number of carbonyl (C=O) groups is 1. The lowest BCUT2D eigenvalue weighted by Gasteiger charge is -2.35. The molecule has 0 spiro atoms. The molecule has 1 aliphatic rings. The zero-order valence-electron chi connectivity index (χ0n) is 11.8. The van der Waals surface area contributed by atoms with E-state index in [1.165, 1.54) is 5.56 Å². The molecule has 1 amide bonds. The van der Waals surface area contributed by atoms with Crippen molar-refractivity contribution in [1.29, 1.82) is 0 Å². The number of amides is 1. The smallest absolute Gasteiger partial charge is 0.225 e. The lowest BCUT2D eigenvalue weighted by atomic mass is 10.1. The first-order valence-corrected chi connectivity index (χ1v) is 6.92. The zero-order chi connectivity index (χ0) is 13.8. The number of hydrogen-bond acceptors (Lipinski definition) is 3. The summed E-state index contributed by atoms with van der Waals surface area (Å²) in [5, 5.41) is 0. The Hall–Kier alpha value is -1.55. The molecule has 1 heterocycles. The molecule has 1 aliphatic heterocycles. The van der Waals surface area contributed by atoms with Crippen LogP contribution in [0, 0.1) is 5.92 Å². The number of nitrogens with zero attached hydrogens (tertiary/aromatic N) is 2. The molecule has 0 saturated carbocycles. The second kappa shape index (κ2) is 6.06. The first-order chi connectivity index (χ1) is 9.06. The lowest BCUT2D eigenvalue weighted by Crippen LogP contribution is -2.49. The van der Waals surface area contributed by atoms with Crippen LogP contribution >= 0.6 is 0 Å². The van der Waals surface area contributed by atoms with Crippen LogP contribution in [-0.2, 0) is 11.3 Å². The Morgan fingerprint density at radius 1 is 1.16 bits per heavy atom. The van der Waals surface area contributed by atoms with Crippen LogP contribution in [0.5, 0.6) is 0 Å². The summed E-state index contributed by atoms with van der Waals surface area (Å²) in [6.45, 7) is 8.43. The summed E-state index contributed by atoms with van der Waals surface area (Å²) in [6.07, 6.45) is 0. The predicted octanol–water partition coefficient (Wildman–Crippen LogP) is 1.57. The van der Waals surface area contributed by atoms with Crippen LogP contribution in [0.25, 0.3) is 0 Å². The fourth-order valence-corrected chi connectivity index (χ4v) is 2.37. The molecule has 0 bridgehead atoms. The molecule has 0 radical (unpaired) electrons. The highest BCUT2D eigenvalue weighted by atomic mass is 16.2. The van der Waals surface area contributed by atoms with Crippen molar-refractivity contribution in [3.8, 4) is 0 Å². The van der Waals surface area contributed by atoms with Gasteiger partial charge in [0.1, 0.15) is 0 Å². The molecule has 1 aromatic rings. The fourth-order valence-electron chi connectivity index (χ4n) is 2.37. The summed E-state index contributed by atoms with van der Waals surface area (Å²) in [5.74, 6) is 0.371. The third kappa shape index (κ3) is 3.70. The van der Waals surface area contributed by atoms with Crippen molar-refractivity contribution in [3.05, 3.63) is 29.8 Å². The van der Waals surface area contributed by atoms with Crippen LogP contribution in [-0.4, -0.2) is 41.9 Å². The van der Waals surface area contributed by atoms with E-state index in [0.29, 0.717) is 0 Å². The molecular weight excluding hydrogens is 238 g/mol. The number of benzene rings is 1. The molecule has 0 aliphatic carbocycles. The number of nitrogens with two attached hydrogens (primary N) is 1. The van der Waals surface area contributed by atoms with Gasteiger partial charge in [0.2, 0.25) is 5.91 Å². The van der Waals surface area contributed by atoms with Gasteiger partial charge in [0.05, 0.1) is 0 Å². The van der Waals surface area contributed by atoms with Crippen molar-refractivity contribution in [3.63, 3.8) is 0 Å². The van der Waals surface area contributed by atoms with E-state index in [1.807, 2.05) is 30.9 Å². The zero-order valence-corrected chi connectivity index (χ0v) is 11.8. The van der Waals surface area contributed by atoms with Crippen molar-refractivity contribution in [1.82, 2.24) is 9.80 Å². The van der Waals surface area contributed by atoms with Gasteiger partial charge in [-0.3, -0.25) is 9.69 Å². The maximum atomic E-state index is 11.9. The molecule has 0 unspecified atom stereocenters. The first-order valence-electron chi connectivity index (χ1n) is 6.92. The highest BCUT2D eigenvalue weighted by molar-refractivity contribution is 5.78. The van der Waals surface area contributed by atoms with Crippen LogP contribution in [0.2, 0.25) is 0 Å². The monoisotopic (exact) mass is 261 g/mol. The van der Waals surface area contributed by atoms with E-state index in [0.717, 1.165) is 38.4 Å². The molecule has 4 nitrogen and oxygen atoms in total. The molecule has 1 saturated heterocycles. The third-order valence-corrected chi connectivity index (χ3v) is 3.56. The van der Waals surface area contributed by atoms with Gasteiger partial charge in [0.15, 0.2) is 0 Å². The largest absolute Gasteiger partial charge is 0.399 e. The molecule has 104 valence electrons. The Morgan fingerprint density at radius 3 is 2.26 bits per heavy atom. The van der Waals surface area contributed by atoms with Crippen LogP contribution in [0.3, 0.4) is 0 Å². The predicted molar refractivity (Wildman–Crippen MR) is 77.5 cm³/mol. The molecule has 1 fully saturated rings. The second-order valence-electron chi connectivity index (χ2n) is 5.50. The molecule has 2 N–H and O–H groups in total. The highest BCUT2D eigenvalue weighted by Gasteiger charge is 2.22. The maximum Gasteiger partial charge on any atom is 0.225 e. The molecule has 4 heteroatoms. The summed E-state index contributed by atoms with van der Waals surface area (Å²) in [5.41, 5.74) is 7.76. The van der Waals surface area contributed by atoms with E-state index in [9.17, 15) is 4.79 Å². The van der Waals surface area contributed by atoms with Gasteiger partial charge >= 0.3 is 0 Å². The molecule has 1 aromatic carbocycles. The summed E-state index contributed by atoms with van der Waals surface area (Å²) in [4.78, 5) is 16.3. The molecular formula is C15H23N3O. The van der Waals surface area contributed by atoms with E-state index in [1.54, 1.807) is 0 Å². The topological polar surface area (TPSA) is 49.6 Å². The van der Waals surface area contributed by atoms with Gasteiger partial charge in [-0.1, -0.05) is 26.0 Å². The van der Waals surface area contributed by atoms with Gasteiger partial charge in [-0.05, 0) is 17.7 Å². The number of rotatable bonds is 3. The minimum atomic E-state index is 0.101. The van der Waals surface area contributed by atoms with Gasteiger partial charge in [-0.15, -0.1) is 0 Å². The summed E-state index contributed by atoms with van der Waals surface area (Å²) < 4.78 is 0. The maximum absolute atomic E-state index is 11.9. The third-order valence-electron chi connectivity index (χ3n) is 3.56. The van der Waals surface area contributed by atoms with Crippen LogP contribution < -0.4 is 5.73 Å². The van der Waals surface area contributed by atoms with Crippen molar-refractivity contribution in [2.45, 2.75) is 20.4 Å². The second-order valence-corrected chi connectivity index (χ2v) is 5.50. The Bertz CT molecular complexity index is 420. The minimum Gasteiger partial charge on any atom is -0.399 e. The normalized spacial score (nSPS) is 16.9. The number of hydrogen-bond donors (Lipinski definition) is 1. The lowest BCUT2D eigenvalue weighted by molar-refractivity contribution is -0.136. The average Bonchev–Trinajstić information content (AvgIpc) is 2.41.